The van der Waals surface area contributed by atoms with Gasteiger partial charge in [-0.1, -0.05) is 18.2 Å². The number of aliphatic hydroxyl groups excluding tert-OH is 1. The zero-order chi connectivity index (χ0) is 11.4. The van der Waals surface area contributed by atoms with Gasteiger partial charge in [-0.05, 0) is 13.0 Å². The van der Waals surface area contributed by atoms with E-state index in [2.05, 4.69) is 4.98 Å². The van der Waals surface area contributed by atoms with Crippen molar-refractivity contribution in [3.8, 4) is 5.75 Å². The summed E-state index contributed by atoms with van der Waals surface area (Å²) in [7, 11) is 0. The fourth-order valence-electron chi connectivity index (χ4n) is 1.42. The molecule has 0 aliphatic heterocycles. The van der Waals surface area contributed by atoms with Crippen molar-refractivity contribution >= 4 is 11.3 Å². The number of para-hydroxylation sites is 1. The Morgan fingerprint density at radius 2 is 2.25 bits per heavy atom. The van der Waals surface area contributed by atoms with Crippen LogP contribution < -0.4 is 4.74 Å². The molecule has 0 saturated heterocycles. The molecule has 0 saturated carbocycles. The lowest BCUT2D eigenvalue weighted by Gasteiger charge is -2.12. The van der Waals surface area contributed by atoms with Crippen LogP contribution in [0.5, 0.6) is 5.75 Å². The third kappa shape index (κ3) is 2.59. The Bertz CT molecular complexity index is 440. The van der Waals surface area contributed by atoms with Gasteiger partial charge in [-0.2, -0.15) is 0 Å². The van der Waals surface area contributed by atoms with Gasteiger partial charge in [0.15, 0.2) is 0 Å². The fraction of sp³-hybridized carbons (Fsp3) is 0.250. The molecule has 0 aliphatic carbocycles. The van der Waals surface area contributed by atoms with E-state index in [1.54, 1.807) is 23.8 Å². The van der Waals surface area contributed by atoms with Gasteiger partial charge in [0.2, 0.25) is 0 Å². The first-order valence-electron chi connectivity index (χ1n) is 5.04. The van der Waals surface area contributed by atoms with Crippen molar-refractivity contribution in [2.45, 2.75) is 19.6 Å². The Labute approximate surface area is 98.4 Å². The van der Waals surface area contributed by atoms with Crippen LogP contribution in [0.2, 0.25) is 0 Å². The summed E-state index contributed by atoms with van der Waals surface area (Å²) in [5, 5.41) is 11.5. The monoisotopic (exact) mass is 235 g/mol. The van der Waals surface area contributed by atoms with Gasteiger partial charge in [0, 0.05) is 10.9 Å². The van der Waals surface area contributed by atoms with E-state index in [9.17, 15) is 5.11 Å². The molecule has 0 unspecified atom stereocenters. The van der Waals surface area contributed by atoms with Crippen molar-refractivity contribution in [3.63, 3.8) is 0 Å². The minimum atomic E-state index is -0.522. The third-order valence-corrected chi connectivity index (χ3v) is 2.86. The van der Waals surface area contributed by atoms with Crippen molar-refractivity contribution in [2.75, 3.05) is 0 Å². The number of rotatable bonds is 4. The predicted molar refractivity (Wildman–Crippen MR) is 63.5 cm³/mol. The number of ether oxygens (including phenoxy) is 1. The number of aromatic nitrogens is 1. The minimum Gasteiger partial charge on any atom is -0.487 e. The summed E-state index contributed by atoms with van der Waals surface area (Å²) in [5.41, 5.74) is 3.49. The molecule has 2 aromatic rings. The molecule has 1 N–H and O–H groups in total. The molecule has 1 atom stereocenters. The van der Waals surface area contributed by atoms with Gasteiger partial charge >= 0.3 is 0 Å². The van der Waals surface area contributed by atoms with E-state index in [4.69, 9.17) is 4.74 Å². The molecule has 16 heavy (non-hydrogen) atoms. The summed E-state index contributed by atoms with van der Waals surface area (Å²) in [5.74, 6) is 0.713. The molecule has 0 spiro atoms. The maximum Gasteiger partial charge on any atom is 0.131 e. The van der Waals surface area contributed by atoms with Gasteiger partial charge in [0.25, 0.3) is 0 Å². The standard InChI is InChI=1S/C12H13NO2S/c1-9(14)11-4-2-3-5-12(11)15-6-10-7-16-8-13-10/h2-5,7-9,14H,6H2,1H3/t9-/m1/s1. The SMILES string of the molecule is C[C@@H](O)c1ccccc1OCc1cscn1. The third-order valence-electron chi connectivity index (χ3n) is 2.23. The van der Waals surface area contributed by atoms with Crippen molar-refractivity contribution in [1.82, 2.24) is 4.98 Å². The van der Waals surface area contributed by atoms with Crippen molar-refractivity contribution in [2.24, 2.45) is 0 Å². The highest BCUT2D eigenvalue weighted by molar-refractivity contribution is 7.07. The van der Waals surface area contributed by atoms with Gasteiger partial charge in [-0.3, -0.25) is 0 Å². The van der Waals surface area contributed by atoms with Crippen LogP contribution in [0.25, 0.3) is 0 Å². The minimum absolute atomic E-state index is 0.438. The van der Waals surface area contributed by atoms with Crippen molar-refractivity contribution in [3.05, 3.63) is 46.4 Å². The van der Waals surface area contributed by atoms with Gasteiger partial charge in [0.1, 0.15) is 12.4 Å². The smallest absolute Gasteiger partial charge is 0.131 e. The van der Waals surface area contributed by atoms with Crippen LogP contribution in [0.3, 0.4) is 0 Å². The van der Waals surface area contributed by atoms with Crippen LogP contribution in [0, 0.1) is 0 Å². The summed E-state index contributed by atoms with van der Waals surface area (Å²) in [4.78, 5) is 4.14. The lowest BCUT2D eigenvalue weighted by molar-refractivity contribution is 0.190. The van der Waals surface area contributed by atoms with E-state index in [0.29, 0.717) is 12.4 Å². The molecule has 1 heterocycles. The molecule has 3 nitrogen and oxygen atoms in total. The fourth-order valence-corrected chi connectivity index (χ4v) is 1.96. The lowest BCUT2D eigenvalue weighted by Crippen LogP contribution is -2.00. The summed E-state index contributed by atoms with van der Waals surface area (Å²) in [6.45, 7) is 2.16. The Balaban J connectivity index is 2.09. The highest BCUT2D eigenvalue weighted by Gasteiger charge is 2.08. The second-order valence-electron chi connectivity index (χ2n) is 3.48. The Morgan fingerprint density at radius 1 is 1.44 bits per heavy atom. The van der Waals surface area contributed by atoms with E-state index >= 15 is 0 Å². The molecule has 0 radical (unpaired) electrons. The molecule has 4 heteroatoms. The normalized spacial score (nSPS) is 12.4. The molecule has 0 amide bonds. The van der Waals surface area contributed by atoms with Crippen LogP contribution in [-0.4, -0.2) is 10.1 Å². The van der Waals surface area contributed by atoms with E-state index < -0.39 is 6.10 Å². The number of hydrogen-bond acceptors (Lipinski definition) is 4. The molecule has 1 aromatic heterocycles. The van der Waals surface area contributed by atoms with E-state index in [0.717, 1.165) is 11.3 Å². The maximum absolute atomic E-state index is 9.57. The second kappa shape index (κ2) is 5.09. The highest BCUT2D eigenvalue weighted by atomic mass is 32.1. The van der Waals surface area contributed by atoms with E-state index in [1.165, 1.54) is 0 Å². The van der Waals surface area contributed by atoms with Crippen LogP contribution in [0.1, 0.15) is 24.3 Å². The lowest BCUT2D eigenvalue weighted by atomic mass is 10.1. The second-order valence-corrected chi connectivity index (χ2v) is 4.20. The molecule has 2 rings (SSSR count). The Hall–Kier alpha value is -1.39. The number of nitrogens with zero attached hydrogens (tertiary/aromatic N) is 1. The van der Waals surface area contributed by atoms with Crippen LogP contribution in [0.15, 0.2) is 35.2 Å². The molecule has 0 bridgehead atoms. The molecular formula is C12H13NO2S. The topological polar surface area (TPSA) is 42.4 Å². The number of aliphatic hydroxyl groups is 1. The van der Waals surface area contributed by atoms with Crippen LogP contribution >= 0.6 is 11.3 Å². The van der Waals surface area contributed by atoms with Gasteiger partial charge in [0.05, 0.1) is 17.3 Å². The van der Waals surface area contributed by atoms with E-state index in [-0.39, 0.29) is 0 Å². The molecule has 0 aliphatic rings. The number of benzene rings is 1. The van der Waals surface area contributed by atoms with Gasteiger partial charge < -0.3 is 9.84 Å². The van der Waals surface area contributed by atoms with Crippen LogP contribution in [0.4, 0.5) is 0 Å². The Kier molecular flexibility index (Phi) is 3.54. The first kappa shape index (κ1) is 11.1. The van der Waals surface area contributed by atoms with Crippen molar-refractivity contribution < 1.29 is 9.84 Å². The molecule has 1 aromatic carbocycles. The number of hydrogen-bond donors (Lipinski definition) is 1. The average Bonchev–Trinajstić information content (AvgIpc) is 2.79. The van der Waals surface area contributed by atoms with Gasteiger partial charge in [-0.25, -0.2) is 4.98 Å². The highest BCUT2D eigenvalue weighted by Crippen LogP contribution is 2.25. The molecular weight excluding hydrogens is 222 g/mol. The van der Waals surface area contributed by atoms with E-state index in [1.807, 2.05) is 29.6 Å². The zero-order valence-corrected chi connectivity index (χ0v) is 9.78. The van der Waals surface area contributed by atoms with Crippen LogP contribution in [-0.2, 0) is 6.61 Å². The predicted octanol–water partition coefficient (Wildman–Crippen LogP) is 2.78. The largest absolute Gasteiger partial charge is 0.487 e. The summed E-state index contributed by atoms with van der Waals surface area (Å²) >= 11 is 1.54. The molecule has 0 fully saturated rings. The first-order valence-corrected chi connectivity index (χ1v) is 5.98. The zero-order valence-electron chi connectivity index (χ0n) is 8.96. The van der Waals surface area contributed by atoms with Gasteiger partial charge in [-0.15, -0.1) is 11.3 Å². The Morgan fingerprint density at radius 3 is 2.94 bits per heavy atom. The summed E-state index contributed by atoms with van der Waals surface area (Å²) < 4.78 is 5.63. The van der Waals surface area contributed by atoms with Crippen molar-refractivity contribution in [1.29, 1.82) is 0 Å². The maximum atomic E-state index is 9.57. The number of thiazole rings is 1. The first-order chi connectivity index (χ1) is 7.77. The summed E-state index contributed by atoms with van der Waals surface area (Å²) in [6.07, 6.45) is -0.522. The molecule has 84 valence electrons. The summed E-state index contributed by atoms with van der Waals surface area (Å²) in [6, 6.07) is 7.50. The quantitative estimate of drug-likeness (QED) is 0.886. The average molecular weight is 235 g/mol.